The average Bonchev–Trinajstić information content (AvgIpc) is 2.16. The van der Waals surface area contributed by atoms with E-state index in [1.54, 1.807) is 0 Å². The second-order valence-electron chi connectivity index (χ2n) is 2.45. The Bertz CT molecular complexity index is 363. The lowest BCUT2D eigenvalue weighted by Gasteiger charge is -2.07. The van der Waals surface area contributed by atoms with Gasteiger partial charge in [0.15, 0.2) is 17.2 Å². The average molecular weight is 199 g/mol. The van der Waals surface area contributed by atoms with E-state index in [4.69, 9.17) is 9.47 Å². The van der Waals surface area contributed by atoms with E-state index in [1.165, 1.54) is 14.2 Å². The number of nitro groups is 1. The topological polar surface area (TPSA) is 81.8 Å². The molecule has 0 fully saturated rings. The first-order valence-corrected chi connectivity index (χ1v) is 3.69. The highest BCUT2D eigenvalue weighted by Crippen LogP contribution is 2.37. The maximum absolute atomic E-state index is 10.4. The minimum atomic E-state index is -0.697. The quantitative estimate of drug-likeness (QED) is 0.586. The lowest BCUT2D eigenvalue weighted by Crippen LogP contribution is -1.94. The van der Waals surface area contributed by atoms with Gasteiger partial charge in [0, 0.05) is 6.07 Å². The van der Waals surface area contributed by atoms with Crippen molar-refractivity contribution in [2.24, 2.45) is 0 Å². The summed E-state index contributed by atoms with van der Waals surface area (Å²) in [6.45, 7) is 0. The van der Waals surface area contributed by atoms with Crippen LogP contribution in [-0.4, -0.2) is 24.2 Å². The summed E-state index contributed by atoms with van der Waals surface area (Å²) in [5.41, 5.74) is -0.414. The number of hydrogen-bond donors (Lipinski definition) is 1. The molecule has 0 aromatic heterocycles. The van der Waals surface area contributed by atoms with Crippen LogP contribution in [0.5, 0.6) is 17.2 Å². The number of rotatable bonds is 3. The number of benzene rings is 1. The molecule has 0 bridgehead atoms. The highest BCUT2D eigenvalue weighted by molar-refractivity contribution is 5.57. The highest BCUT2D eigenvalue weighted by Gasteiger charge is 2.18. The van der Waals surface area contributed by atoms with Crippen molar-refractivity contribution in [1.29, 1.82) is 0 Å². The van der Waals surface area contributed by atoms with Crippen molar-refractivity contribution < 1.29 is 19.5 Å². The van der Waals surface area contributed by atoms with Gasteiger partial charge in [-0.25, -0.2) is 0 Å². The highest BCUT2D eigenvalue weighted by atomic mass is 16.6. The molecule has 0 amide bonds. The Balaban J connectivity index is 3.30. The zero-order valence-electron chi connectivity index (χ0n) is 7.68. The van der Waals surface area contributed by atoms with E-state index in [-0.39, 0.29) is 11.5 Å². The van der Waals surface area contributed by atoms with Crippen molar-refractivity contribution in [3.63, 3.8) is 0 Å². The largest absolute Gasteiger partial charge is 0.502 e. The van der Waals surface area contributed by atoms with E-state index in [0.717, 1.165) is 12.1 Å². The first-order chi connectivity index (χ1) is 6.60. The molecule has 1 aromatic carbocycles. The van der Waals surface area contributed by atoms with Crippen molar-refractivity contribution in [3.8, 4) is 17.2 Å². The van der Waals surface area contributed by atoms with Crippen LogP contribution in [0, 0.1) is 10.1 Å². The van der Waals surface area contributed by atoms with Crippen molar-refractivity contribution in [3.05, 3.63) is 22.2 Å². The minimum absolute atomic E-state index is 0.206. The van der Waals surface area contributed by atoms with Crippen molar-refractivity contribution in [2.75, 3.05) is 14.2 Å². The normalized spacial score (nSPS) is 9.57. The van der Waals surface area contributed by atoms with Crippen LogP contribution in [0.25, 0.3) is 0 Å². The third kappa shape index (κ3) is 1.68. The van der Waals surface area contributed by atoms with Crippen molar-refractivity contribution in [1.82, 2.24) is 0 Å². The fraction of sp³-hybridized carbons (Fsp3) is 0.250. The molecule has 1 N–H and O–H groups in total. The van der Waals surface area contributed by atoms with E-state index in [9.17, 15) is 15.2 Å². The molecule has 76 valence electrons. The Morgan fingerprint density at radius 3 is 2.21 bits per heavy atom. The van der Waals surface area contributed by atoms with Gasteiger partial charge in [0.05, 0.1) is 25.2 Å². The Kier molecular flexibility index (Phi) is 2.76. The number of phenolic OH excluding ortho intramolecular Hbond substituents is 1. The third-order valence-corrected chi connectivity index (χ3v) is 1.68. The number of ether oxygens (including phenoxy) is 2. The van der Waals surface area contributed by atoms with Crippen molar-refractivity contribution in [2.45, 2.75) is 0 Å². The predicted octanol–water partition coefficient (Wildman–Crippen LogP) is 1.32. The molecular weight excluding hydrogens is 190 g/mol. The van der Waals surface area contributed by atoms with E-state index in [0.29, 0.717) is 0 Å². The van der Waals surface area contributed by atoms with Gasteiger partial charge >= 0.3 is 5.69 Å². The molecule has 1 aromatic rings. The Labute approximate surface area is 79.8 Å². The molecule has 14 heavy (non-hydrogen) atoms. The number of nitrogens with zero attached hydrogens (tertiary/aromatic N) is 1. The molecule has 0 spiro atoms. The molecule has 0 atom stereocenters. The summed E-state index contributed by atoms with van der Waals surface area (Å²) in [6, 6.07) is 2.24. The van der Waals surface area contributed by atoms with Crippen LogP contribution in [0.3, 0.4) is 0 Å². The zero-order chi connectivity index (χ0) is 10.7. The maximum Gasteiger partial charge on any atom is 0.314 e. The van der Waals surface area contributed by atoms with Crippen LogP contribution in [0.4, 0.5) is 5.69 Å². The van der Waals surface area contributed by atoms with Crippen LogP contribution >= 0.6 is 0 Å². The molecule has 0 aliphatic rings. The van der Waals surface area contributed by atoms with E-state index in [2.05, 4.69) is 0 Å². The summed E-state index contributed by atoms with van der Waals surface area (Å²) < 4.78 is 9.69. The summed E-state index contributed by atoms with van der Waals surface area (Å²) in [5.74, 6) is 0.000231. The number of nitro benzene ring substituents is 1. The van der Waals surface area contributed by atoms with Gasteiger partial charge in [-0.2, -0.15) is 0 Å². The third-order valence-electron chi connectivity index (χ3n) is 1.68. The molecule has 0 radical (unpaired) electrons. The van der Waals surface area contributed by atoms with Gasteiger partial charge in [-0.3, -0.25) is 10.1 Å². The first kappa shape index (κ1) is 10.1. The van der Waals surface area contributed by atoms with Crippen LogP contribution in [0.1, 0.15) is 0 Å². The molecule has 0 saturated heterocycles. The molecule has 0 saturated carbocycles. The van der Waals surface area contributed by atoms with Gasteiger partial charge in [0.25, 0.3) is 0 Å². The van der Waals surface area contributed by atoms with Gasteiger partial charge in [-0.05, 0) is 0 Å². The summed E-state index contributed by atoms with van der Waals surface area (Å²) in [5, 5.41) is 19.7. The number of hydrogen-bond acceptors (Lipinski definition) is 5. The molecule has 0 aliphatic heterocycles. The van der Waals surface area contributed by atoms with Crippen LogP contribution in [0.15, 0.2) is 12.1 Å². The Hall–Kier alpha value is -1.98. The summed E-state index contributed by atoms with van der Waals surface area (Å²) in [6.07, 6.45) is 0. The molecule has 0 unspecified atom stereocenters. The van der Waals surface area contributed by atoms with Crippen LogP contribution in [-0.2, 0) is 0 Å². The molecule has 6 nitrogen and oxygen atoms in total. The molecule has 0 aliphatic carbocycles. The minimum Gasteiger partial charge on any atom is -0.502 e. The van der Waals surface area contributed by atoms with Gasteiger partial charge in [-0.15, -0.1) is 0 Å². The lowest BCUT2D eigenvalue weighted by molar-refractivity contribution is -0.386. The lowest BCUT2D eigenvalue weighted by atomic mass is 10.2. The Morgan fingerprint density at radius 1 is 1.29 bits per heavy atom. The van der Waals surface area contributed by atoms with Crippen molar-refractivity contribution >= 4 is 5.69 Å². The molecule has 0 heterocycles. The fourth-order valence-electron chi connectivity index (χ4n) is 1.00. The maximum atomic E-state index is 10.4. The first-order valence-electron chi connectivity index (χ1n) is 3.69. The van der Waals surface area contributed by atoms with E-state index >= 15 is 0 Å². The van der Waals surface area contributed by atoms with Gasteiger partial charge in [0.1, 0.15) is 0 Å². The zero-order valence-corrected chi connectivity index (χ0v) is 7.68. The Morgan fingerprint density at radius 2 is 1.79 bits per heavy atom. The van der Waals surface area contributed by atoms with E-state index < -0.39 is 16.4 Å². The van der Waals surface area contributed by atoms with Gasteiger partial charge in [-0.1, -0.05) is 0 Å². The summed E-state index contributed by atoms with van der Waals surface area (Å²) in [7, 11) is 2.74. The SMILES string of the molecule is COc1cc(O)c([N+](=O)[O-])cc1OC. The van der Waals surface area contributed by atoms with Gasteiger partial charge < -0.3 is 14.6 Å². The molecule has 6 heteroatoms. The smallest absolute Gasteiger partial charge is 0.314 e. The van der Waals surface area contributed by atoms with E-state index in [1.807, 2.05) is 0 Å². The van der Waals surface area contributed by atoms with Crippen LogP contribution < -0.4 is 9.47 Å². The van der Waals surface area contributed by atoms with Gasteiger partial charge in [0.2, 0.25) is 0 Å². The molecular formula is C8H9NO5. The standard InChI is InChI=1S/C8H9NO5/c1-13-7-3-5(9(11)12)6(10)4-8(7)14-2/h3-4,10H,1-2H3. The van der Waals surface area contributed by atoms with Crippen LogP contribution in [0.2, 0.25) is 0 Å². The second-order valence-corrected chi connectivity index (χ2v) is 2.45. The number of methoxy groups -OCH3 is 2. The fourth-order valence-corrected chi connectivity index (χ4v) is 1.00. The summed E-state index contributed by atoms with van der Waals surface area (Å²) >= 11 is 0. The number of phenols is 1. The number of aromatic hydroxyl groups is 1. The summed E-state index contributed by atoms with van der Waals surface area (Å²) in [4.78, 5) is 9.74. The second kappa shape index (κ2) is 3.82. The predicted molar refractivity (Wildman–Crippen MR) is 47.9 cm³/mol. The molecule has 1 rings (SSSR count). The monoisotopic (exact) mass is 199 g/mol.